The molecule has 1 aromatic carbocycles. The van der Waals surface area contributed by atoms with Crippen LogP contribution in [0.1, 0.15) is 35.7 Å². The van der Waals surface area contributed by atoms with Crippen LogP contribution >= 0.6 is 0 Å². The monoisotopic (exact) mass is 372 g/mol. The van der Waals surface area contributed by atoms with Crippen LogP contribution in [0.3, 0.4) is 0 Å². The molecule has 0 radical (unpaired) electrons. The van der Waals surface area contributed by atoms with E-state index in [-0.39, 0.29) is 19.0 Å². The molecule has 1 aromatic heterocycles. The molecule has 1 amide bonds. The smallest absolute Gasteiger partial charge is 0.343 e. The zero-order valence-electron chi connectivity index (χ0n) is 14.8. The number of aromatic nitrogens is 3. The van der Waals surface area contributed by atoms with E-state index < -0.39 is 23.6 Å². The molecule has 0 spiro atoms. The molecule has 4 rings (SSSR count). The normalized spacial score (nSPS) is 21.3. The van der Waals surface area contributed by atoms with Gasteiger partial charge < -0.3 is 14.7 Å². The number of nitrogens with zero attached hydrogens (tertiary/aromatic N) is 3. The molecule has 0 saturated heterocycles. The van der Waals surface area contributed by atoms with Crippen LogP contribution in [-0.2, 0) is 29.1 Å². The van der Waals surface area contributed by atoms with Crippen LogP contribution in [0.4, 0.5) is 0 Å². The number of rotatable bonds is 3. The van der Waals surface area contributed by atoms with Crippen molar-refractivity contribution in [2.75, 3.05) is 7.11 Å². The van der Waals surface area contributed by atoms with E-state index >= 15 is 0 Å². The first-order valence-electron chi connectivity index (χ1n) is 8.83. The van der Waals surface area contributed by atoms with Crippen molar-refractivity contribution in [3.05, 3.63) is 45.6 Å². The number of hydrogen-bond donors (Lipinski definition) is 2. The van der Waals surface area contributed by atoms with Gasteiger partial charge in [-0.3, -0.25) is 9.36 Å². The van der Waals surface area contributed by atoms with Crippen LogP contribution in [0.15, 0.2) is 23.0 Å². The minimum Gasteiger partial charge on any atom is -0.497 e. The number of carbonyl (C=O) groups is 2. The standard InChI is InChI=1S/C18H20N4O5/c1-27-11-6-5-10-3-2-4-12(13(10)7-11)16(23)21-9-15-19-20-18(26)22(15)8-14(21)17(24)25/h5-7,12,14H,2-4,8-9H2,1H3,(H,20,26)(H,24,25). The van der Waals surface area contributed by atoms with Gasteiger partial charge in [0.15, 0.2) is 5.82 Å². The highest BCUT2D eigenvalue weighted by atomic mass is 16.5. The van der Waals surface area contributed by atoms with Gasteiger partial charge in [-0.05, 0) is 42.5 Å². The lowest BCUT2D eigenvalue weighted by Crippen LogP contribution is -2.53. The molecule has 0 fully saturated rings. The summed E-state index contributed by atoms with van der Waals surface area (Å²) in [7, 11) is 1.57. The first-order valence-corrected chi connectivity index (χ1v) is 8.83. The van der Waals surface area contributed by atoms with Crippen molar-refractivity contribution < 1.29 is 19.4 Å². The maximum atomic E-state index is 13.3. The number of hydrogen-bond acceptors (Lipinski definition) is 5. The summed E-state index contributed by atoms with van der Waals surface area (Å²) in [5.41, 5.74) is 1.51. The molecular formula is C18H20N4O5. The Morgan fingerprint density at radius 1 is 1.37 bits per heavy atom. The number of benzene rings is 1. The van der Waals surface area contributed by atoms with E-state index in [1.807, 2.05) is 18.2 Å². The zero-order valence-corrected chi connectivity index (χ0v) is 14.8. The van der Waals surface area contributed by atoms with Gasteiger partial charge in [-0.15, -0.1) is 0 Å². The third-order valence-corrected chi connectivity index (χ3v) is 5.41. The summed E-state index contributed by atoms with van der Waals surface area (Å²) in [5.74, 6) is -0.777. The number of aliphatic carboxylic acids is 1. The van der Waals surface area contributed by atoms with E-state index in [4.69, 9.17) is 4.74 Å². The fourth-order valence-corrected chi connectivity index (χ4v) is 4.00. The lowest BCUT2D eigenvalue weighted by Gasteiger charge is -2.36. The fraction of sp³-hybridized carbons (Fsp3) is 0.444. The Morgan fingerprint density at radius 3 is 2.93 bits per heavy atom. The molecule has 2 atom stereocenters. The quantitative estimate of drug-likeness (QED) is 0.810. The van der Waals surface area contributed by atoms with Crippen molar-refractivity contribution in [3.63, 3.8) is 0 Å². The fourth-order valence-electron chi connectivity index (χ4n) is 4.00. The number of aromatic amines is 1. The molecule has 1 aliphatic carbocycles. The van der Waals surface area contributed by atoms with Gasteiger partial charge in [0.05, 0.1) is 26.1 Å². The molecule has 9 nitrogen and oxygen atoms in total. The number of methoxy groups -OCH3 is 1. The molecule has 0 saturated carbocycles. The summed E-state index contributed by atoms with van der Waals surface area (Å²) in [6.07, 6.45) is 2.38. The highest BCUT2D eigenvalue weighted by Gasteiger charge is 2.40. The maximum absolute atomic E-state index is 13.3. The van der Waals surface area contributed by atoms with Crippen molar-refractivity contribution in [1.29, 1.82) is 0 Å². The van der Waals surface area contributed by atoms with Gasteiger partial charge in [-0.2, -0.15) is 5.10 Å². The van der Waals surface area contributed by atoms with Crippen LogP contribution < -0.4 is 10.4 Å². The summed E-state index contributed by atoms with van der Waals surface area (Å²) >= 11 is 0. The minimum atomic E-state index is -1.14. The van der Waals surface area contributed by atoms with Gasteiger partial charge in [0, 0.05) is 0 Å². The SMILES string of the molecule is COc1ccc2c(c1)C(C(=O)N1Cc3n[nH]c(=O)n3CC1C(=O)O)CCC2. The Bertz CT molecular complexity index is 963. The van der Waals surface area contributed by atoms with Gasteiger partial charge >= 0.3 is 11.7 Å². The Labute approximate surface area is 154 Å². The summed E-state index contributed by atoms with van der Waals surface area (Å²) in [4.78, 5) is 38.2. The van der Waals surface area contributed by atoms with E-state index in [1.165, 1.54) is 9.47 Å². The largest absolute Gasteiger partial charge is 0.497 e. The van der Waals surface area contributed by atoms with E-state index in [0.717, 1.165) is 24.0 Å². The molecule has 0 bridgehead atoms. The highest BCUT2D eigenvalue weighted by Crippen LogP contribution is 2.36. The van der Waals surface area contributed by atoms with Crippen molar-refractivity contribution >= 4 is 11.9 Å². The second kappa shape index (κ2) is 6.57. The average Bonchev–Trinajstić information content (AvgIpc) is 3.05. The minimum absolute atomic E-state index is 0.00958. The van der Waals surface area contributed by atoms with Crippen LogP contribution in [0.25, 0.3) is 0 Å². The first kappa shape index (κ1) is 17.3. The number of aryl methyl sites for hydroxylation is 1. The second-order valence-corrected chi connectivity index (χ2v) is 6.89. The predicted molar refractivity (Wildman–Crippen MR) is 93.5 cm³/mol. The number of carboxylic acid groups (broad SMARTS) is 1. The molecule has 2 N–H and O–H groups in total. The molecule has 27 heavy (non-hydrogen) atoms. The molecule has 2 heterocycles. The molecule has 9 heteroatoms. The number of ether oxygens (including phenoxy) is 1. The predicted octanol–water partition coefficient (Wildman–Crippen LogP) is 0.495. The molecule has 2 aromatic rings. The molecule has 1 aliphatic heterocycles. The summed E-state index contributed by atoms with van der Waals surface area (Å²) in [5, 5.41) is 15.9. The zero-order chi connectivity index (χ0) is 19.1. The van der Waals surface area contributed by atoms with Gasteiger partial charge in [0.25, 0.3) is 0 Å². The van der Waals surface area contributed by atoms with Gasteiger partial charge in [-0.25, -0.2) is 14.7 Å². The summed E-state index contributed by atoms with van der Waals surface area (Å²) < 4.78 is 6.57. The number of nitrogens with one attached hydrogen (secondary N) is 1. The molecule has 2 aliphatic rings. The van der Waals surface area contributed by atoms with Crippen molar-refractivity contribution in [3.8, 4) is 5.75 Å². The average molecular weight is 372 g/mol. The summed E-state index contributed by atoms with van der Waals surface area (Å²) in [6, 6.07) is 4.59. The topological polar surface area (TPSA) is 118 Å². The van der Waals surface area contributed by atoms with Crippen molar-refractivity contribution in [1.82, 2.24) is 19.7 Å². The number of fused-ring (bicyclic) bond motifs is 2. The van der Waals surface area contributed by atoms with Crippen LogP contribution in [0.5, 0.6) is 5.75 Å². The third kappa shape index (κ3) is 2.88. The van der Waals surface area contributed by atoms with Gasteiger partial charge in [0.2, 0.25) is 5.91 Å². The number of amides is 1. The van der Waals surface area contributed by atoms with Crippen molar-refractivity contribution in [2.45, 2.75) is 44.3 Å². The Kier molecular flexibility index (Phi) is 4.21. The second-order valence-electron chi connectivity index (χ2n) is 6.89. The first-order chi connectivity index (χ1) is 13.0. The lowest BCUT2D eigenvalue weighted by atomic mass is 9.81. The Morgan fingerprint density at radius 2 is 2.19 bits per heavy atom. The van der Waals surface area contributed by atoms with Crippen molar-refractivity contribution in [2.24, 2.45) is 0 Å². The number of H-pyrrole nitrogens is 1. The molecular weight excluding hydrogens is 352 g/mol. The van der Waals surface area contributed by atoms with Crippen LogP contribution in [-0.4, -0.2) is 49.8 Å². The van der Waals surface area contributed by atoms with Crippen LogP contribution in [0, 0.1) is 0 Å². The number of carboxylic acids is 1. The Hall–Kier alpha value is -3.10. The van der Waals surface area contributed by atoms with Gasteiger partial charge in [-0.1, -0.05) is 6.07 Å². The molecule has 142 valence electrons. The number of carbonyl (C=O) groups excluding carboxylic acids is 1. The van der Waals surface area contributed by atoms with Crippen LogP contribution in [0.2, 0.25) is 0 Å². The third-order valence-electron chi connectivity index (χ3n) is 5.41. The highest BCUT2D eigenvalue weighted by molar-refractivity contribution is 5.89. The van der Waals surface area contributed by atoms with E-state index in [2.05, 4.69) is 10.2 Å². The van der Waals surface area contributed by atoms with E-state index in [1.54, 1.807) is 7.11 Å². The Balaban J connectivity index is 1.70. The molecule has 2 unspecified atom stereocenters. The maximum Gasteiger partial charge on any atom is 0.343 e. The summed E-state index contributed by atoms with van der Waals surface area (Å²) in [6.45, 7) is -0.117. The van der Waals surface area contributed by atoms with E-state index in [9.17, 15) is 19.5 Å². The van der Waals surface area contributed by atoms with E-state index in [0.29, 0.717) is 18.0 Å². The lowest BCUT2D eigenvalue weighted by molar-refractivity contribution is -0.153. The van der Waals surface area contributed by atoms with Gasteiger partial charge in [0.1, 0.15) is 11.8 Å².